The number of aliphatic hydroxyl groups is 1. The predicted octanol–water partition coefficient (Wildman–Crippen LogP) is 2.12. The molecule has 0 aliphatic rings. The maximum atomic E-state index is 11.8. The number of carbonyl (C=O) groups excluding carboxylic acids is 1. The quantitative estimate of drug-likeness (QED) is 0.827. The highest BCUT2D eigenvalue weighted by Gasteiger charge is 2.23. The standard InChI is InChI=1S/C16H21NO3/c1-5-14(18)13(11-12-9-7-6-8-10-12)17-15(19)20-16(2,3)4/h1,6-10,13-14,18H,11H2,2-4H3,(H,17,19). The number of aliphatic hydroxyl groups excluding tert-OH is 1. The van der Waals surface area contributed by atoms with Gasteiger partial charge in [-0.15, -0.1) is 6.42 Å². The summed E-state index contributed by atoms with van der Waals surface area (Å²) in [7, 11) is 0. The van der Waals surface area contributed by atoms with Crippen molar-refractivity contribution in [1.82, 2.24) is 5.32 Å². The Balaban J connectivity index is 2.71. The second-order valence-corrected chi connectivity index (χ2v) is 5.55. The maximum Gasteiger partial charge on any atom is 0.408 e. The molecule has 0 saturated carbocycles. The maximum absolute atomic E-state index is 11.8. The molecule has 0 aliphatic carbocycles. The number of alkyl carbamates (subject to hydrolysis) is 1. The van der Waals surface area contributed by atoms with Gasteiger partial charge in [-0.25, -0.2) is 4.79 Å². The molecule has 0 spiro atoms. The van der Waals surface area contributed by atoms with E-state index in [1.807, 2.05) is 30.3 Å². The van der Waals surface area contributed by atoms with E-state index in [1.54, 1.807) is 20.8 Å². The van der Waals surface area contributed by atoms with Crippen molar-refractivity contribution in [3.8, 4) is 12.3 Å². The van der Waals surface area contributed by atoms with Gasteiger partial charge in [-0.2, -0.15) is 0 Å². The molecular formula is C16H21NO3. The van der Waals surface area contributed by atoms with Crippen molar-refractivity contribution < 1.29 is 14.6 Å². The number of nitrogens with one attached hydrogen (secondary N) is 1. The summed E-state index contributed by atoms with van der Waals surface area (Å²) in [5.74, 6) is 2.24. The Kier molecular flexibility index (Phi) is 5.60. The van der Waals surface area contributed by atoms with E-state index in [1.165, 1.54) is 0 Å². The van der Waals surface area contributed by atoms with Crippen LogP contribution >= 0.6 is 0 Å². The van der Waals surface area contributed by atoms with Crippen molar-refractivity contribution in [3.63, 3.8) is 0 Å². The molecule has 0 aromatic heterocycles. The molecule has 0 aliphatic heterocycles. The highest BCUT2D eigenvalue weighted by Crippen LogP contribution is 2.10. The average Bonchev–Trinajstić information content (AvgIpc) is 2.36. The number of carbonyl (C=O) groups is 1. The van der Waals surface area contributed by atoms with Crippen LogP contribution in [-0.4, -0.2) is 28.9 Å². The fraction of sp³-hybridized carbons (Fsp3) is 0.438. The molecule has 1 rings (SSSR count). The fourth-order valence-electron chi connectivity index (χ4n) is 1.68. The lowest BCUT2D eigenvalue weighted by atomic mass is 10.0. The SMILES string of the molecule is C#CC(O)C(Cc1ccccc1)NC(=O)OC(C)(C)C. The summed E-state index contributed by atoms with van der Waals surface area (Å²) < 4.78 is 5.17. The average molecular weight is 275 g/mol. The molecule has 20 heavy (non-hydrogen) atoms. The number of terminal acetylenes is 1. The molecule has 108 valence electrons. The second kappa shape index (κ2) is 6.97. The van der Waals surface area contributed by atoms with Crippen LogP contribution in [0.5, 0.6) is 0 Å². The minimum absolute atomic E-state index is 0.436. The first-order chi connectivity index (χ1) is 9.31. The van der Waals surface area contributed by atoms with Crippen LogP contribution in [0, 0.1) is 12.3 Å². The van der Waals surface area contributed by atoms with Crippen LogP contribution in [0.3, 0.4) is 0 Å². The zero-order valence-electron chi connectivity index (χ0n) is 12.1. The predicted molar refractivity (Wildman–Crippen MR) is 78.1 cm³/mol. The van der Waals surface area contributed by atoms with Gasteiger partial charge < -0.3 is 15.2 Å². The third-order valence-corrected chi connectivity index (χ3v) is 2.55. The second-order valence-electron chi connectivity index (χ2n) is 5.55. The lowest BCUT2D eigenvalue weighted by Gasteiger charge is -2.24. The zero-order chi connectivity index (χ0) is 15.2. The van der Waals surface area contributed by atoms with Gasteiger partial charge in [0.1, 0.15) is 11.7 Å². The minimum Gasteiger partial charge on any atom is -0.444 e. The van der Waals surface area contributed by atoms with E-state index in [0.717, 1.165) is 5.56 Å². The van der Waals surface area contributed by atoms with Crippen LogP contribution in [0.25, 0.3) is 0 Å². The lowest BCUT2D eigenvalue weighted by Crippen LogP contribution is -2.46. The highest BCUT2D eigenvalue weighted by molar-refractivity contribution is 5.68. The van der Waals surface area contributed by atoms with E-state index < -0.39 is 23.8 Å². The Labute approximate surface area is 120 Å². The van der Waals surface area contributed by atoms with E-state index in [-0.39, 0.29) is 0 Å². The minimum atomic E-state index is -1.07. The van der Waals surface area contributed by atoms with Crippen molar-refractivity contribution in [1.29, 1.82) is 0 Å². The molecule has 1 aromatic carbocycles. The molecule has 0 fully saturated rings. The number of rotatable bonds is 4. The van der Waals surface area contributed by atoms with Crippen LogP contribution < -0.4 is 5.32 Å². The smallest absolute Gasteiger partial charge is 0.408 e. The molecule has 4 heteroatoms. The highest BCUT2D eigenvalue weighted by atomic mass is 16.6. The third-order valence-electron chi connectivity index (χ3n) is 2.55. The van der Waals surface area contributed by atoms with E-state index in [0.29, 0.717) is 6.42 Å². The Bertz CT molecular complexity index is 471. The Morgan fingerprint density at radius 1 is 1.40 bits per heavy atom. The summed E-state index contributed by atoms with van der Waals surface area (Å²) in [5, 5.41) is 12.4. The van der Waals surface area contributed by atoms with Crippen molar-refractivity contribution in [3.05, 3.63) is 35.9 Å². The summed E-state index contributed by atoms with van der Waals surface area (Å²) in [6.07, 6.45) is 4.02. The molecule has 0 saturated heterocycles. The largest absolute Gasteiger partial charge is 0.444 e. The van der Waals surface area contributed by atoms with Gasteiger partial charge in [0.15, 0.2) is 0 Å². The first-order valence-corrected chi connectivity index (χ1v) is 6.49. The zero-order valence-corrected chi connectivity index (χ0v) is 12.1. The number of amides is 1. The van der Waals surface area contributed by atoms with Crippen LogP contribution in [0.2, 0.25) is 0 Å². The van der Waals surface area contributed by atoms with Crippen LogP contribution in [-0.2, 0) is 11.2 Å². The fourth-order valence-corrected chi connectivity index (χ4v) is 1.68. The van der Waals surface area contributed by atoms with Gasteiger partial charge in [0.2, 0.25) is 0 Å². The van der Waals surface area contributed by atoms with Crippen molar-refractivity contribution in [2.24, 2.45) is 0 Å². The summed E-state index contributed by atoms with van der Waals surface area (Å²) >= 11 is 0. The number of benzene rings is 1. The molecule has 4 nitrogen and oxygen atoms in total. The van der Waals surface area contributed by atoms with E-state index in [2.05, 4.69) is 11.2 Å². The van der Waals surface area contributed by atoms with Crippen molar-refractivity contribution in [2.45, 2.75) is 44.9 Å². The van der Waals surface area contributed by atoms with Gasteiger partial charge in [0.25, 0.3) is 0 Å². The van der Waals surface area contributed by atoms with Gasteiger partial charge in [-0.3, -0.25) is 0 Å². The van der Waals surface area contributed by atoms with Gasteiger partial charge in [0, 0.05) is 0 Å². The molecule has 0 heterocycles. The summed E-state index contributed by atoms with van der Waals surface area (Å²) in [6, 6.07) is 8.92. The van der Waals surface area contributed by atoms with Crippen LogP contribution in [0.4, 0.5) is 4.79 Å². The molecule has 0 radical (unpaired) electrons. The van der Waals surface area contributed by atoms with Crippen molar-refractivity contribution in [2.75, 3.05) is 0 Å². The Morgan fingerprint density at radius 3 is 2.50 bits per heavy atom. The molecular weight excluding hydrogens is 254 g/mol. The van der Waals surface area contributed by atoms with Crippen LogP contribution in [0.1, 0.15) is 26.3 Å². The Morgan fingerprint density at radius 2 is 2.00 bits per heavy atom. The third kappa shape index (κ3) is 5.77. The first kappa shape index (κ1) is 16.1. The van der Waals surface area contributed by atoms with E-state index >= 15 is 0 Å². The van der Waals surface area contributed by atoms with E-state index in [4.69, 9.17) is 11.2 Å². The lowest BCUT2D eigenvalue weighted by molar-refractivity contribution is 0.0459. The molecule has 2 atom stereocenters. The van der Waals surface area contributed by atoms with E-state index in [9.17, 15) is 9.90 Å². The van der Waals surface area contributed by atoms with Gasteiger partial charge >= 0.3 is 6.09 Å². The summed E-state index contributed by atoms with van der Waals surface area (Å²) in [4.78, 5) is 11.8. The summed E-state index contributed by atoms with van der Waals surface area (Å²) in [6.45, 7) is 5.32. The Hall–Kier alpha value is -1.99. The molecule has 0 bridgehead atoms. The molecule has 2 unspecified atom stereocenters. The summed E-state index contributed by atoms with van der Waals surface area (Å²) in [5.41, 5.74) is 0.380. The molecule has 1 amide bonds. The monoisotopic (exact) mass is 275 g/mol. The normalized spacial score (nSPS) is 13.9. The van der Waals surface area contributed by atoms with Crippen LogP contribution in [0.15, 0.2) is 30.3 Å². The topological polar surface area (TPSA) is 58.6 Å². The number of ether oxygens (including phenoxy) is 1. The van der Waals surface area contributed by atoms with Gasteiger partial charge in [-0.1, -0.05) is 36.3 Å². The first-order valence-electron chi connectivity index (χ1n) is 6.49. The number of hydrogen-bond acceptors (Lipinski definition) is 3. The van der Waals surface area contributed by atoms with Gasteiger partial charge in [0.05, 0.1) is 6.04 Å². The molecule has 2 N–H and O–H groups in total. The van der Waals surface area contributed by atoms with Crippen molar-refractivity contribution >= 4 is 6.09 Å². The molecule has 1 aromatic rings. The number of hydrogen-bond donors (Lipinski definition) is 2. The van der Waals surface area contributed by atoms with Gasteiger partial charge in [-0.05, 0) is 32.8 Å².